The fourth-order valence-corrected chi connectivity index (χ4v) is 4.04. The molecule has 3 aromatic carbocycles. The van der Waals surface area contributed by atoms with Gasteiger partial charge in [-0.05, 0) is 16.7 Å². The molecule has 0 spiro atoms. The van der Waals surface area contributed by atoms with E-state index in [1.807, 2.05) is 91.0 Å². The zero-order chi connectivity index (χ0) is 21.8. The molecule has 6 heteroatoms. The van der Waals surface area contributed by atoms with Gasteiger partial charge >= 0.3 is 0 Å². The van der Waals surface area contributed by atoms with Crippen LogP contribution in [0.1, 0.15) is 16.7 Å². The van der Waals surface area contributed by atoms with Crippen LogP contribution in [0, 0.1) is 0 Å². The van der Waals surface area contributed by atoms with Crippen molar-refractivity contribution in [1.82, 2.24) is 0 Å². The summed E-state index contributed by atoms with van der Waals surface area (Å²) >= 11 is 0. The zero-order valence-corrected chi connectivity index (χ0v) is 16.9. The van der Waals surface area contributed by atoms with Crippen LogP contribution in [0.3, 0.4) is 0 Å². The number of rotatable bonds is 6. The smallest absolute Gasteiger partial charge is 0.184 e. The van der Waals surface area contributed by atoms with Crippen LogP contribution < -0.4 is 0 Å². The van der Waals surface area contributed by atoms with Crippen molar-refractivity contribution in [3.8, 4) is 0 Å². The van der Waals surface area contributed by atoms with Gasteiger partial charge in [0.05, 0.1) is 6.61 Å². The second-order valence-corrected chi connectivity index (χ2v) is 7.63. The van der Waals surface area contributed by atoms with Crippen LogP contribution in [0.15, 0.2) is 91.0 Å². The Morgan fingerprint density at radius 1 is 0.613 bits per heavy atom. The van der Waals surface area contributed by atoms with E-state index < -0.39 is 36.3 Å². The monoisotopic (exact) mass is 422 g/mol. The summed E-state index contributed by atoms with van der Waals surface area (Å²) in [7, 11) is 0. The first-order valence-corrected chi connectivity index (χ1v) is 10.2. The third-order valence-corrected chi connectivity index (χ3v) is 5.69. The van der Waals surface area contributed by atoms with Crippen LogP contribution in [0.2, 0.25) is 0 Å². The van der Waals surface area contributed by atoms with Gasteiger partial charge < -0.3 is 29.9 Å². The Morgan fingerprint density at radius 2 is 1.03 bits per heavy atom. The van der Waals surface area contributed by atoms with E-state index in [4.69, 9.17) is 9.47 Å². The fraction of sp³-hybridized carbons (Fsp3) is 0.280. The molecule has 162 valence electrons. The number of hydrogen-bond donors (Lipinski definition) is 4. The Balaban J connectivity index is 1.78. The molecule has 1 aliphatic rings. The molecule has 4 N–H and O–H groups in total. The van der Waals surface area contributed by atoms with Gasteiger partial charge in [-0.2, -0.15) is 0 Å². The van der Waals surface area contributed by atoms with E-state index in [2.05, 4.69) is 0 Å². The molecule has 31 heavy (non-hydrogen) atoms. The van der Waals surface area contributed by atoms with Crippen molar-refractivity contribution in [2.75, 3.05) is 6.61 Å². The van der Waals surface area contributed by atoms with Crippen molar-refractivity contribution in [1.29, 1.82) is 0 Å². The van der Waals surface area contributed by atoms with E-state index in [-0.39, 0.29) is 6.61 Å². The molecule has 1 aliphatic heterocycles. The Bertz CT molecular complexity index is 853. The van der Waals surface area contributed by atoms with Crippen LogP contribution in [-0.4, -0.2) is 57.7 Å². The largest absolute Gasteiger partial charge is 0.387 e. The molecular weight excluding hydrogens is 396 g/mol. The molecule has 6 nitrogen and oxygen atoms in total. The van der Waals surface area contributed by atoms with Crippen molar-refractivity contribution in [3.05, 3.63) is 108 Å². The van der Waals surface area contributed by atoms with Crippen molar-refractivity contribution in [2.24, 2.45) is 0 Å². The maximum atomic E-state index is 10.4. The molecule has 4 rings (SSSR count). The Hall–Kier alpha value is -2.58. The van der Waals surface area contributed by atoms with Crippen molar-refractivity contribution < 1.29 is 29.9 Å². The van der Waals surface area contributed by atoms with Gasteiger partial charge in [0.15, 0.2) is 6.29 Å². The third-order valence-electron chi connectivity index (χ3n) is 5.69. The molecule has 3 aromatic rings. The molecule has 0 aliphatic carbocycles. The van der Waals surface area contributed by atoms with Crippen LogP contribution >= 0.6 is 0 Å². The van der Waals surface area contributed by atoms with Crippen LogP contribution in [-0.2, 0) is 15.1 Å². The highest BCUT2D eigenvalue weighted by Gasteiger charge is 2.45. The van der Waals surface area contributed by atoms with Gasteiger partial charge in [0.2, 0.25) is 0 Å². The van der Waals surface area contributed by atoms with Gasteiger partial charge in [0.1, 0.15) is 30.0 Å². The van der Waals surface area contributed by atoms with Gasteiger partial charge in [0.25, 0.3) is 0 Å². The SMILES string of the molecule is O[C@H]1[C@H](O)[C@H](COC(c2ccccc2)(c2ccccc2)c2ccccc2)O[C@H](O)[C@H]1O. The summed E-state index contributed by atoms with van der Waals surface area (Å²) in [6.45, 7) is -0.138. The number of hydrogen-bond acceptors (Lipinski definition) is 6. The summed E-state index contributed by atoms with van der Waals surface area (Å²) in [6.07, 6.45) is -7.21. The summed E-state index contributed by atoms with van der Waals surface area (Å²) in [5, 5.41) is 40.2. The first-order chi connectivity index (χ1) is 15.0. The minimum Gasteiger partial charge on any atom is -0.387 e. The first kappa shape index (κ1) is 21.6. The molecule has 1 saturated heterocycles. The lowest BCUT2D eigenvalue weighted by molar-refractivity contribution is -0.291. The normalized spacial score (nSPS) is 26.5. The average molecular weight is 422 g/mol. The third kappa shape index (κ3) is 4.14. The summed E-state index contributed by atoms with van der Waals surface area (Å²) in [5.74, 6) is 0. The van der Waals surface area contributed by atoms with E-state index in [0.717, 1.165) is 16.7 Å². The summed E-state index contributed by atoms with van der Waals surface area (Å²) < 4.78 is 11.9. The van der Waals surface area contributed by atoms with Gasteiger partial charge in [0, 0.05) is 0 Å². The summed E-state index contributed by atoms with van der Waals surface area (Å²) in [4.78, 5) is 0. The van der Waals surface area contributed by atoms with Crippen LogP contribution in [0.5, 0.6) is 0 Å². The highest BCUT2D eigenvalue weighted by molar-refractivity contribution is 5.47. The Morgan fingerprint density at radius 3 is 1.45 bits per heavy atom. The second-order valence-electron chi connectivity index (χ2n) is 7.63. The molecule has 1 fully saturated rings. The lowest BCUT2D eigenvalue weighted by Crippen LogP contribution is -2.59. The highest BCUT2D eigenvalue weighted by Crippen LogP contribution is 2.41. The van der Waals surface area contributed by atoms with E-state index in [0.29, 0.717) is 0 Å². The lowest BCUT2D eigenvalue weighted by atomic mass is 9.80. The number of benzene rings is 3. The van der Waals surface area contributed by atoms with E-state index in [1.165, 1.54) is 0 Å². The number of aliphatic hydroxyl groups excluding tert-OH is 4. The highest BCUT2D eigenvalue weighted by atomic mass is 16.6. The lowest BCUT2D eigenvalue weighted by Gasteiger charge is -2.41. The first-order valence-electron chi connectivity index (χ1n) is 10.2. The quantitative estimate of drug-likeness (QED) is 0.452. The van der Waals surface area contributed by atoms with Gasteiger partial charge in [-0.3, -0.25) is 0 Å². The van der Waals surface area contributed by atoms with Gasteiger partial charge in [-0.15, -0.1) is 0 Å². The molecule has 0 bridgehead atoms. The van der Waals surface area contributed by atoms with Crippen molar-refractivity contribution >= 4 is 0 Å². The minimum absolute atomic E-state index is 0.138. The Labute approximate surface area is 180 Å². The maximum absolute atomic E-state index is 10.4. The predicted octanol–water partition coefficient (Wildman–Crippen LogP) is 1.79. The second kappa shape index (κ2) is 9.28. The molecule has 0 saturated carbocycles. The molecule has 0 aromatic heterocycles. The average Bonchev–Trinajstić information content (AvgIpc) is 2.83. The molecule has 0 unspecified atom stereocenters. The minimum atomic E-state index is -1.62. The molecular formula is C25H26O6. The molecule has 0 radical (unpaired) electrons. The maximum Gasteiger partial charge on any atom is 0.184 e. The zero-order valence-electron chi connectivity index (χ0n) is 16.9. The van der Waals surface area contributed by atoms with E-state index >= 15 is 0 Å². The summed E-state index contributed by atoms with van der Waals surface area (Å²) in [6, 6.07) is 29.1. The number of ether oxygens (including phenoxy) is 2. The summed E-state index contributed by atoms with van der Waals surface area (Å²) in [5.41, 5.74) is 1.59. The van der Waals surface area contributed by atoms with Gasteiger partial charge in [-0.25, -0.2) is 0 Å². The van der Waals surface area contributed by atoms with Crippen molar-refractivity contribution in [3.63, 3.8) is 0 Å². The number of aliphatic hydroxyl groups is 4. The van der Waals surface area contributed by atoms with Crippen LogP contribution in [0.25, 0.3) is 0 Å². The van der Waals surface area contributed by atoms with E-state index in [9.17, 15) is 20.4 Å². The van der Waals surface area contributed by atoms with Crippen molar-refractivity contribution in [2.45, 2.75) is 36.3 Å². The van der Waals surface area contributed by atoms with Gasteiger partial charge in [-0.1, -0.05) is 91.0 Å². The standard InChI is InChI=1S/C25H26O6/c26-21-20(31-24(29)23(28)22(21)27)16-30-25(17-10-4-1-5-11-17,18-12-6-2-7-13-18)19-14-8-3-9-15-19/h1-15,20-24,26-29H,16H2/t20-,21+,22-,23-,24-/m0/s1. The van der Waals surface area contributed by atoms with E-state index in [1.54, 1.807) is 0 Å². The molecule has 5 atom stereocenters. The van der Waals surface area contributed by atoms with Crippen LogP contribution in [0.4, 0.5) is 0 Å². The fourth-order valence-electron chi connectivity index (χ4n) is 4.04. The Kier molecular flexibility index (Phi) is 6.48. The molecule has 1 heterocycles. The molecule has 0 amide bonds. The topological polar surface area (TPSA) is 99.4 Å². The predicted molar refractivity (Wildman–Crippen MR) is 114 cm³/mol.